The molecule has 126 valence electrons. The second kappa shape index (κ2) is 6.03. The normalized spacial score (nSPS) is 11.7. The summed E-state index contributed by atoms with van der Waals surface area (Å²) >= 11 is 0. The molecular formula is C16H15F3N4O. The summed E-state index contributed by atoms with van der Waals surface area (Å²) in [4.78, 5) is 4.08. The van der Waals surface area contributed by atoms with Gasteiger partial charge < -0.3 is 10.1 Å². The van der Waals surface area contributed by atoms with Gasteiger partial charge in [0.1, 0.15) is 5.75 Å². The van der Waals surface area contributed by atoms with Crippen LogP contribution in [0.3, 0.4) is 0 Å². The van der Waals surface area contributed by atoms with Crippen molar-refractivity contribution < 1.29 is 17.9 Å². The zero-order valence-corrected chi connectivity index (χ0v) is 13.0. The van der Waals surface area contributed by atoms with Crippen molar-refractivity contribution in [3.63, 3.8) is 0 Å². The zero-order chi connectivity index (χ0) is 17.3. The Labute approximate surface area is 135 Å². The lowest BCUT2D eigenvalue weighted by Gasteiger charge is -2.12. The molecule has 0 aliphatic rings. The molecule has 0 fully saturated rings. The van der Waals surface area contributed by atoms with E-state index in [0.29, 0.717) is 5.75 Å². The Balaban J connectivity index is 1.99. The number of H-pyrrole nitrogens is 1. The maximum Gasteiger partial charge on any atom is 0.417 e. The first-order chi connectivity index (χ1) is 11.4. The van der Waals surface area contributed by atoms with Gasteiger partial charge in [-0.05, 0) is 19.1 Å². The molecule has 5 nitrogen and oxygen atoms in total. The Morgan fingerprint density at radius 3 is 2.71 bits per heavy atom. The molecule has 0 amide bonds. The fourth-order valence-electron chi connectivity index (χ4n) is 2.54. The summed E-state index contributed by atoms with van der Waals surface area (Å²) in [6.07, 6.45) is -4.49. The van der Waals surface area contributed by atoms with Crippen LogP contribution >= 0.6 is 0 Å². The van der Waals surface area contributed by atoms with Crippen molar-refractivity contribution in [3.8, 4) is 5.75 Å². The molecule has 0 spiro atoms. The van der Waals surface area contributed by atoms with Gasteiger partial charge in [-0.3, -0.25) is 5.10 Å². The third kappa shape index (κ3) is 2.99. The lowest BCUT2D eigenvalue weighted by molar-refractivity contribution is -0.136. The first kappa shape index (κ1) is 16.1. The lowest BCUT2D eigenvalue weighted by Crippen LogP contribution is -2.08. The second-order valence-electron chi connectivity index (χ2n) is 5.27. The number of nitrogens with one attached hydrogen (secondary N) is 2. The van der Waals surface area contributed by atoms with Gasteiger partial charge >= 0.3 is 6.18 Å². The zero-order valence-electron chi connectivity index (χ0n) is 13.0. The number of ether oxygens (including phenoxy) is 1. The summed E-state index contributed by atoms with van der Waals surface area (Å²) in [7, 11) is 1.54. The van der Waals surface area contributed by atoms with Crippen LogP contribution in [-0.2, 0) is 12.7 Å². The number of halogens is 3. The highest BCUT2D eigenvalue weighted by molar-refractivity contribution is 5.91. The van der Waals surface area contributed by atoms with Gasteiger partial charge in [-0.25, -0.2) is 4.98 Å². The predicted octanol–water partition coefficient (Wildman–Crippen LogP) is 3.91. The topological polar surface area (TPSA) is 62.8 Å². The first-order valence-electron chi connectivity index (χ1n) is 7.19. The number of anilines is 1. The van der Waals surface area contributed by atoms with Crippen LogP contribution in [0, 0.1) is 6.92 Å². The van der Waals surface area contributed by atoms with Gasteiger partial charge in [-0.2, -0.15) is 18.3 Å². The first-order valence-corrected chi connectivity index (χ1v) is 7.19. The molecule has 24 heavy (non-hydrogen) atoms. The minimum atomic E-state index is -4.49. The number of aryl methyl sites for hydroxylation is 1. The van der Waals surface area contributed by atoms with Gasteiger partial charge in [0.25, 0.3) is 0 Å². The fourth-order valence-corrected chi connectivity index (χ4v) is 2.54. The molecule has 0 saturated heterocycles. The van der Waals surface area contributed by atoms with Crippen molar-refractivity contribution in [3.05, 3.63) is 47.2 Å². The van der Waals surface area contributed by atoms with Crippen LogP contribution in [0.4, 0.5) is 19.0 Å². The molecule has 2 heterocycles. The molecule has 0 radical (unpaired) electrons. The van der Waals surface area contributed by atoms with Crippen molar-refractivity contribution >= 4 is 16.9 Å². The Bertz CT molecular complexity index is 873. The molecular weight excluding hydrogens is 321 g/mol. The highest BCUT2D eigenvalue weighted by atomic mass is 19.4. The molecule has 8 heteroatoms. The maximum absolute atomic E-state index is 13.3. The number of hydrogen-bond donors (Lipinski definition) is 2. The van der Waals surface area contributed by atoms with Crippen molar-refractivity contribution in [2.75, 3.05) is 12.4 Å². The molecule has 2 aromatic heterocycles. The number of rotatable bonds is 4. The smallest absolute Gasteiger partial charge is 0.417 e. The molecule has 0 aliphatic heterocycles. The minimum absolute atomic E-state index is 0.0667. The quantitative estimate of drug-likeness (QED) is 0.758. The van der Waals surface area contributed by atoms with Crippen molar-refractivity contribution in [2.24, 2.45) is 0 Å². The van der Waals surface area contributed by atoms with Gasteiger partial charge in [-0.15, -0.1) is 0 Å². The third-order valence-corrected chi connectivity index (χ3v) is 3.60. The minimum Gasteiger partial charge on any atom is -0.496 e. The Morgan fingerprint density at radius 2 is 2.00 bits per heavy atom. The fraction of sp³-hybridized carbons (Fsp3) is 0.250. The molecule has 2 N–H and O–H groups in total. The van der Waals surface area contributed by atoms with Crippen molar-refractivity contribution in [1.82, 2.24) is 15.2 Å². The molecule has 1 aromatic carbocycles. The van der Waals surface area contributed by atoms with E-state index < -0.39 is 11.7 Å². The number of nitrogens with zero attached hydrogens (tertiary/aromatic N) is 2. The number of para-hydroxylation sites is 1. The van der Waals surface area contributed by atoms with Gasteiger partial charge in [0.15, 0.2) is 11.5 Å². The second-order valence-corrected chi connectivity index (χ2v) is 5.27. The van der Waals surface area contributed by atoms with Crippen LogP contribution < -0.4 is 10.1 Å². The highest BCUT2D eigenvalue weighted by Gasteiger charge is 2.35. The highest BCUT2D eigenvalue weighted by Crippen LogP contribution is 2.37. The number of fused-ring (bicyclic) bond motifs is 1. The average molecular weight is 336 g/mol. The van der Waals surface area contributed by atoms with Crippen LogP contribution in [0.1, 0.15) is 16.8 Å². The van der Waals surface area contributed by atoms with Gasteiger partial charge in [0.2, 0.25) is 0 Å². The van der Waals surface area contributed by atoms with Crippen LogP contribution in [0.5, 0.6) is 5.75 Å². The standard InChI is InChI=1S/C16H15F3N4O/c1-9-7-11(16(17,18)19)13-14(22-23-15(13)21-9)20-8-10-5-3-4-6-12(10)24-2/h3-7H,8H2,1-2H3,(H2,20,21,22,23). The van der Waals surface area contributed by atoms with E-state index in [0.717, 1.165) is 11.6 Å². The van der Waals surface area contributed by atoms with E-state index in [-0.39, 0.29) is 29.1 Å². The van der Waals surface area contributed by atoms with Crippen LogP contribution in [0.15, 0.2) is 30.3 Å². The van der Waals surface area contributed by atoms with Crippen LogP contribution in [0.2, 0.25) is 0 Å². The number of benzene rings is 1. The van der Waals surface area contributed by atoms with Gasteiger partial charge in [0.05, 0.1) is 18.1 Å². The lowest BCUT2D eigenvalue weighted by atomic mass is 10.1. The number of alkyl halides is 3. The van der Waals surface area contributed by atoms with E-state index in [1.807, 2.05) is 18.2 Å². The van der Waals surface area contributed by atoms with E-state index in [1.54, 1.807) is 6.07 Å². The Morgan fingerprint density at radius 1 is 1.25 bits per heavy atom. The molecule has 3 aromatic rings. The number of hydrogen-bond acceptors (Lipinski definition) is 4. The summed E-state index contributed by atoms with van der Waals surface area (Å²) in [6, 6.07) is 8.28. The predicted molar refractivity (Wildman–Crippen MR) is 83.9 cm³/mol. The van der Waals surface area contributed by atoms with E-state index in [9.17, 15) is 13.2 Å². The monoisotopic (exact) mass is 336 g/mol. The van der Waals surface area contributed by atoms with E-state index in [1.165, 1.54) is 14.0 Å². The number of aromatic amines is 1. The summed E-state index contributed by atoms with van der Waals surface area (Å²) in [5.41, 5.74) is 0.422. The molecule has 0 unspecified atom stereocenters. The Kier molecular flexibility index (Phi) is 4.04. The maximum atomic E-state index is 13.3. The van der Waals surface area contributed by atoms with Crippen molar-refractivity contribution in [2.45, 2.75) is 19.6 Å². The van der Waals surface area contributed by atoms with Crippen LogP contribution in [0.25, 0.3) is 11.0 Å². The molecule has 0 bridgehead atoms. The summed E-state index contributed by atoms with van der Waals surface area (Å²) in [5, 5.41) is 9.35. The van der Waals surface area contributed by atoms with E-state index in [4.69, 9.17) is 4.74 Å². The molecule has 0 atom stereocenters. The van der Waals surface area contributed by atoms with Gasteiger partial charge in [-0.1, -0.05) is 18.2 Å². The average Bonchev–Trinajstić information content (AvgIpc) is 2.94. The SMILES string of the molecule is COc1ccccc1CNc1n[nH]c2nc(C)cc(C(F)(F)F)c12. The van der Waals surface area contributed by atoms with Crippen LogP contribution in [-0.4, -0.2) is 22.3 Å². The van der Waals surface area contributed by atoms with Gasteiger partial charge in [0, 0.05) is 17.8 Å². The summed E-state index contributed by atoms with van der Waals surface area (Å²) in [5.74, 6) is 0.755. The summed E-state index contributed by atoms with van der Waals surface area (Å²) < 4.78 is 45.2. The van der Waals surface area contributed by atoms with E-state index in [2.05, 4.69) is 20.5 Å². The van der Waals surface area contributed by atoms with Crippen molar-refractivity contribution in [1.29, 1.82) is 0 Å². The Hall–Kier alpha value is -2.77. The molecule has 3 rings (SSSR count). The third-order valence-electron chi connectivity index (χ3n) is 3.60. The number of aromatic nitrogens is 3. The number of methoxy groups -OCH3 is 1. The molecule has 0 aliphatic carbocycles. The molecule has 0 saturated carbocycles. The van der Waals surface area contributed by atoms with E-state index >= 15 is 0 Å². The largest absolute Gasteiger partial charge is 0.496 e. The number of pyridine rings is 1. The summed E-state index contributed by atoms with van der Waals surface area (Å²) in [6.45, 7) is 1.78.